The first kappa shape index (κ1) is 25.3. The van der Waals surface area contributed by atoms with Gasteiger partial charge in [0.15, 0.2) is 5.11 Å². The van der Waals surface area contributed by atoms with E-state index in [-0.39, 0.29) is 16.9 Å². The lowest BCUT2D eigenvalue weighted by molar-refractivity contribution is 0.0947. The number of amides is 2. The minimum Gasteiger partial charge on any atom is -0.494 e. The van der Waals surface area contributed by atoms with Crippen molar-refractivity contribution in [3.05, 3.63) is 59.7 Å². The molecule has 2 amide bonds. The number of ether oxygens (including phenoxy) is 1. The van der Waals surface area contributed by atoms with Crippen LogP contribution in [0.15, 0.2) is 48.5 Å². The summed E-state index contributed by atoms with van der Waals surface area (Å²) in [7, 11) is 0. The second-order valence-electron chi connectivity index (χ2n) is 7.14. The van der Waals surface area contributed by atoms with Crippen molar-refractivity contribution in [2.24, 2.45) is 0 Å². The van der Waals surface area contributed by atoms with E-state index >= 15 is 0 Å². The van der Waals surface area contributed by atoms with Crippen molar-refractivity contribution in [2.45, 2.75) is 27.2 Å². The molecule has 3 N–H and O–H groups in total. The Labute approximate surface area is 195 Å². The Balaban J connectivity index is 1.84. The Morgan fingerprint density at radius 3 is 2.34 bits per heavy atom. The number of hydrogen-bond donors (Lipinski definition) is 3. The van der Waals surface area contributed by atoms with Crippen LogP contribution in [0.2, 0.25) is 0 Å². The molecule has 0 aliphatic rings. The summed E-state index contributed by atoms with van der Waals surface area (Å²) in [6, 6.07) is 13.9. The fraction of sp³-hybridized carbons (Fsp3) is 0.375. The van der Waals surface area contributed by atoms with Crippen molar-refractivity contribution >= 4 is 34.8 Å². The number of carbonyl (C=O) groups excluding carboxylic acids is 2. The fourth-order valence-corrected chi connectivity index (χ4v) is 3.17. The van der Waals surface area contributed by atoms with Crippen LogP contribution in [-0.2, 0) is 0 Å². The van der Waals surface area contributed by atoms with Gasteiger partial charge >= 0.3 is 0 Å². The summed E-state index contributed by atoms with van der Waals surface area (Å²) in [4.78, 5) is 27.0. The Kier molecular flexibility index (Phi) is 10.6. The number of thiocarbonyl (C=S) groups is 1. The third kappa shape index (κ3) is 8.28. The van der Waals surface area contributed by atoms with Crippen LogP contribution in [0.5, 0.6) is 5.75 Å². The van der Waals surface area contributed by atoms with Crippen LogP contribution in [0, 0.1) is 0 Å². The van der Waals surface area contributed by atoms with E-state index in [1.54, 1.807) is 42.5 Å². The highest BCUT2D eigenvalue weighted by molar-refractivity contribution is 7.80. The fourth-order valence-electron chi connectivity index (χ4n) is 2.96. The van der Waals surface area contributed by atoms with Gasteiger partial charge in [0, 0.05) is 29.9 Å². The number of rotatable bonds is 11. The van der Waals surface area contributed by atoms with Gasteiger partial charge in [0.2, 0.25) is 0 Å². The van der Waals surface area contributed by atoms with E-state index in [9.17, 15) is 9.59 Å². The number of nitrogens with one attached hydrogen (secondary N) is 3. The molecule has 0 atom stereocenters. The van der Waals surface area contributed by atoms with Gasteiger partial charge in [0.25, 0.3) is 11.8 Å². The molecule has 2 rings (SSSR count). The topological polar surface area (TPSA) is 82.7 Å². The van der Waals surface area contributed by atoms with Crippen molar-refractivity contribution in [1.82, 2.24) is 15.5 Å². The lowest BCUT2D eigenvalue weighted by Gasteiger charge is -2.18. The average molecular weight is 457 g/mol. The number of carbonyl (C=O) groups is 2. The van der Waals surface area contributed by atoms with E-state index in [1.165, 1.54) is 0 Å². The summed E-state index contributed by atoms with van der Waals surface area (Å²) >= 11 is 5.25. The molecule has 0 saturated carbocycles. The van der Waals surface area contributed by atoms with E-state index in [0.29, 0.717) is 35.7 Å². The van der Waals surface area contributed by atoms with Gasteiger partial charge in [-0.3, -0.25) is 14.9 Å². The van der Waals surface area contributed by atoms with E-state index in [4.69, 9.17) is 17.0 Å². The van der Waals surface area contributed by atoms with Crippen molar-refractivity contribution < 1.29 is 14.3 Å². The van der Waals surface area contributed by atoms with Gasteiger partial charge in [-0.1, -0.05) is 26.8 Å². The summed E-state index contributed by atoms with van der Waals surface area (Å²) in [5.41, 5.74) is 1.70. The summed E-state index contributed by atoms with van der Waals surface area (Å²) < 4.78 is 5.56. The third-order valence-corrected chi connectivity index (χ3v) is 5.01. The zero-order valence-corrected chi connectivity index (χ0v) is 19.8. The molecule has 0 aliphatic carbocycles. The van der Waals surface area contributed by atoms with Gasteiger partial charge in [0.1, 0.15) is 5.75 Å². The first-order chi connectivity index (χ1) is 15.5. The molecule has 0 fully saturated rings. The predicted octanol–water partition coefficient (Wildman–Crippen LogP) is 3.67. The monoisotopic (exact) mass is 456 g/mol. The number of hydrogen-bond acceptors (Lipinski definition) is 5. The molecule has 172 valence electrons. The molecular weight excluding hydrogens is 424 g/mol. The average Bonchev–Trinajstić information content (AvgIpc) is 2.81. The molecular formula is C24H32N4O3S. The number of likely N-dealkylation sites (N-methyl/N-ethyl adjacent to an activating group) is 1. The van der Waals surface area contributed by atoms with E-state index in [2.05, 4.69) is 34.7 Å². The largest absolute Gasteiger partial charge is 0.494 e. The summed E-state index contributed by atoms with van der Waals surface area (Å²) in [6.45, 7) is 10.2. The molecule has 0 aromatic heterocycles. The maximum absolute atomic E-state index is 12.5. The van der Waals surface area contributed by atoms with Gasteiger partial charge in [-0.25, -0.2) is 0 Å². The number of benzene rings is 2. The highest BCUT2D eigenvalue weighted by Gasteiger charge is 2.10. The highest BCUT2D eigenvalue weighted by atomic mass is 32.1. The van der Waals surface area contributed by atoms with E-state index < -0.39 is 0 Å². The van der Waals surface area contributed by atoms with Crippen molar-refractivity contribution in [2.75, 3.05) is 38.1 Å². The molecule has 32 heavy (non-hydrogen) atoms. The molecule has 0 radical (unpaired) electrons. The van der Waals surface area contributed by atoms with Crippen molar-refractivity contribution in [1.29, 1.82) is 0 Å². The van der Waals surface area contributed by atoms with Crippen molar-refractivity contribution in [3.8, 4) is 5.75 Å². The van der Waals surface area contributed by atoms with Gasteiger partial charge in [-0.05, 0) is 74.2 Å². The molecule has 0 aliphatic heterocycles. The van der Waals surface area contributed by atoms with Crippen LogP contribution in [-0.4, -0.2) is 54.6 Å². The molecule has 0 saturated heterocycles. The standard InChI is InChI=1S/C24H32N4O3S/c1-4-16-31-21-9-7-8-19(17-21)23(30)27-24(32)26-20-12-10-18(11-13-20)22(29)25-14-15-28(5-2)6-3/h7-13,17H,4-6,14-16H2,1-3H3,(H,25,29)(H2,26,27,30,32). The van der Waals surface area contributed by atoms with Crippen LogP contribution < -0.4 is 20.7 Å². The smallest absolute Gasteiger partial charge is 0.257 e. The molecule has 8 heteroatoms. The Bertz CT molecular complexity index is 898. The minimum atomic E-state index is -0.325. The van der Waals surface area contributed by atoms with Crippen LogP contribution in [0.25, 0.3) is 0 Å². The lowest BCUT2D eigenvalue weighted by Crippen LogP contribution is -2.35. The normalized spacial score (nSPS) is 10.5. The zero-order chi connectivity index (χ0) is 23.3. The molecule has 0 unspecified atom stereocenters. The van der Waals surface area contributed by atoms with Crippen LogP contribution in [0.3, 0.4) is 0 Å². The molecule has 2 aromatic carbocycles. The Morgan fingerprint density at radius 2 is 1.69 bits per heavy atom. The maximum atomic E-state index is 12.5. The SMILES string of the molecule is CCCOc1cccc(C(=O)NC(=S)Nc2ccc(C(=O)NCCN(CC)CC)cc2)c1. The second-order valence-corrected chi connectivity index (χ2v) is 7.55. The Morgan fingerprint density at radius 1 is 0.969 bits per heavy atom. The van der Waals surface area contributed by atoms with Crippen LogP contribution in [0.4, 0.5) is 5.69 Å². The predicted molar refractivity (Wildman–Crippen MR) is 132 cm³/mol. The zero-order valence-electron chi connectivity index (χ0n) is 18.9. The van der Waals surface area contributed by atoms with Gasteiger partial charge in [-0.15, -0.1) is 0 Å². The first-order valence-electron chi connectivity index (χ1n) is 10.9. The van der Waals surface area contributed by atoms with Gasteiger partial charge in [-0.2, -0.15) is 0 Å². The number of anilines is 1. The first-order valence-corrected chi connectivity index (χ1v) is 11.3. The Hall–Kier alpha value is -2.97. The lowest BCUT2D eigenvalue weighted by atomic mass is 10.2. The van der Waals surface area contributed by atoms with Crippen molar-refractivity contribution in [3.63, 3.8) is 0 Å². The summed E-state index contributed by atoms with van der Waals surface area (Å²) in [5, 5.41) is 8.72. The molecule has 2 aromatic rings. The molecule has 7 nitrogen and oxygen atoms in total. The van der Waals surface area contributed by atoms with E-state index in [1.807, 2.05) is 13.0 Å². The molecule has 0 spiro atoms. The van der Waals surface area contributed by atoms with E-state index in [0.717, 1.165) is 26.1 Å². The molecule has 0 heterocycles. The second kappa shape index (κ2) is 13.4. The van der Waals surface area contributed by atoms with Crippen LogP contribution in [0.1, 0.15) is 47.9 Å². The number of nitrogens with zero attached hydrogens (tertiary/aromatic N) is 1. The quantitative estimate of drug-likeness (QED) is 0.448. The highest BCUT2D eigenvalue weighted by Crippen LogP contribution is 2.14. The van der Waals surface area contributed by atoms with Gasteiger partial charge < -0.3 is 20.3 Å². The van der Waals surface area contributed by atoms with Crippen LogP contribution >= 0.6 is 12.2 Å². The summed E-state index contributed by atoms with van der Waals surface area (Å²) in [5.74, 6) is 0.197. The molecule has 0 bridgehead atoms. The third-order valence-electron chi connectivity index (χ3n) is 4.81. The minimum absolute atomic E-state index is 0.121. The summed E-state index contributed by atoms with van der Waals surface area (Å²) in [6.07, 6.45) is 0.890. The maximum Gasteiger partial charge on any atom is 0.257 e. The van der Waals surface area contributed by atoms with Gasteiger partial charge in [0.05, 0.1) is 6.61 Å².